The number of amides is 1. The molecule has 1 amide bonds. The van der Waals surface area contributed by atoms with Crippen molar-refractivity contribution in [3.05, 3.63) is 29.3 Å². The summed E-state index contributed by atoms with van der Waals surface area (Å²) in [7, 11) is -3.34. The van der Waals surface area contributed by atoms with E-state index in [0.717, 1.165) is 16.8 Å². The smallest absolute Gasteiger partial charge is 0.410 e. The number of ether oxygens (including phenoxy) is 1. The Hall–Kier alpha value is -1.58. The number of piperidine rings is 1. The van der Waals surface area contributed by atoms with Gasteiger partial charge in [-0.2, -0.15) is 0 Å². The van der Waals surface area contributed by atoms with Gasteiger partial charge in [0.25, 0.3) is 0 Å². The molecule has 9 heteroatoms. The molecule has 2 aliphatic rings. The molecule has 0 radical (unpaired) electrons. The zero-order valence-corrected chi connectivity index (χ0v) is 21.7. The maximum Gasteiger partial charge on any atom is 0.410 e. The fourth-order valence-corrected chi connectivity index (χ4v) is 5.54. The Bertz CT molecular complexity index is 1030. The number of benzene rings is 1. The molecule has 0 aromatic heterocycles. The Kier molecular flexibility index (Phi) is 6.52. The molecule has 1 heterocycles. The Balaban J connectivity index is 1.96. The second-order valence-corrected chi connectivity index (χ2v) is 14.7. The SMILES string of the molecule is CC(C)(C)OC(=O)N1CCC2(CC1)Cc1cc(S(C)(=O)=O)ccc1C2=N[S+]([O-])C(C)(C)C. The number of carbonyl (C=O) groups excluding carboxylic acids is 1. The Morgan fingerprint density at radius 2 is 1.75 bits per heavy atom. The third-order valence-corrected chi connectivity index (χ3v) is 8.37. The van der Waals surface area contributed by atoms with Crippen LogP contribution < -0.4 is 0 Å². The van der Waals surface area contributed by atoms with E-state index in [4.69, 9.17) is 9.13 Å². The van der Waals surface area contributed by atoms with Crippen molar-refractivity contribution < 1.29 is 22.5 Å². The van der Waals surface area contributed by atoms with E-state index in [1.165, 1.54) is 6.26 Å². The molecule has 3 rings (SSSR count). The van der Waals surface area contributed by atoms with Crippen molar-refractivity contribution in [2.75, 3.05) is 19.3 Å². The summed E-state index contributed by atoms with van der Waals surface area (Å²) in [5.74, 6) is 0. The van der Waals surface area contributed by atoms with Crippen LogP contribution in [0.5, 0.6) is 0 Å². The van der Waals surface area contributed by atoms with Gasteiger partial charge in [0.15, 0.2) is 9.84 Å². The molecule has 1 aromatic rings. The number of nitrogens with zero attached hydrogens (tertiary/aromatic N) is 2. The molecule has 1 spiro atoms. The van der Waals surface area contributed by atoms with E-state index in [-0.39, 0.29) is 16.4 Å². The fraction of sp³-hybridized carbons (Fsp3) is 0.652. The second kappa shape index (κ2) is 8.33. The first-order chi connectivity index (χ1) is 14.5. The number of rotatable bonds is 2. The first-order valence-corrected chi connectivity index (χ1v) is 13.8. The first-order valence-electron chi connectivity index (χ1n) is 10.8. The highest BCUT2D eigenvalue weighted by Crippen LogP contribution is 2.46. The minimum Gasteiger partial charge on any atom is -0.591 e. The molecule has 1 saturated heterocycles. The molecule has 1 aliphatic carbocycles. The van der Waals surface area contributed by atoms with E-state index < -0.39 is 31.5 Å². The molecule has 7 nitrogen and oxygen atoms in total. The fourth-order valence-electron chi connectivity index (χ4n) is 4.14. The van der Waals surface area contributed by atoms with Crippen molar-refractivity contribution in [3.8, 4) is 0 Å². The highest BCUT2D eigenvalue weighted by Gasteiger charge is 2.48. The summed E-state index contributed by atoms with van der Waals surface area (Å²) in [4.78, 5) is 14.5. The third kappa shape index (κ3) is 5.31. The summed E-state index contributed by atoms with van der Waals surface area (Å²) < 4.78 is 46.8. The molecule has 1 aliphatic heterocycles. The molecule has 32 heavy (non-hydrogen) atoms. The monoisotopic (exact) mass is 482 g/mol. The van der Waals surface area contributed by atoms with Gasteiger partial charge in [-0.05, 0) is 78.5 Å². The van der Waals surface area contributed by atoms with Crippen LogP contribution in [-0.2, 0) is 32.4 Å². The normalized spacial score (nSPS) is 21.0. The van der Waals surface area contributed by atoms with Crippen LogP contribution in [0.25, 0.3) is 0 Å². The van der Waals surface area contributed by atoms with Crippen molar-refractivity contribution in [1.82, 2.24) is 4.90 Å². The molecule has 0 saturated carbocycles. The maximum atomic E-state index is 13.0. The van der Waals surface area contributed by atoms with Crippen LogP contribution in [0.3, 0.4) is 0 Å². The summed E-state index contributed by atoms with van der Waals surface area (Å²) in [5, 5.41) is 0. The summed E-state index contributed by atoms with van der Waals surface area (Å²) in [6.07, 6.45) is 2.78. The van der Waals surface area contributed by atoms with Gasteiger partial charge in [-0.25, -0.2) is 13.2 Å². The average Bonchev–Trinajstić information content (AvgIpc) is 2.91. The topological polar surface area (TPSA) is 99.1 Å². The number of hydrogen-bond acceptors (Lipinski definition) is 6. The lowest BCUT2D eigenvalue weighted by Gasteiger charge is -2.39. The van der Waals surface area contributed by atoms with Crippen molar-refractivity contribution in [2.45, 2.75) is 76.0 Å². The van der Waals surface area contributed by atoms with Gasteiger partial charge in [-0.1, -0.05) is 10.5 Å². The van der Waals surface area contributed by atoms with E-state index in [1.54, 1.807) is 23.1 Å². The average molecular weight is 483 g/mol. The number of carbonyl (C=O) groups is 1. The van der Waals surface area contributed by atoms with E-state index in [2.05, 4.69) is 0 Å². The molecular weight excluding hydrogens is 448 g/mol. The standard InChI is InChI=1S/C23H34N2O5S2/c1-21(2,3)30-20(26)25-12-10-23(11-13-25)15-16-14-17(32(7,28)29)8-9-18(16)19(23)24-31(27)22(4,5)6/h8-9,14H,10-13,15H2,1-7H3. The van der Waals surface area contributed by atoms with Gasteiger partial charge in [-0.3, -0.25) is 0 Å². The van der Waals surface area contributed by atoms with Crippen LogP contribution in [0.4, 0.5) is 4.79 Å². The first kappa shape index (κ1) is 25.1. The largest absolute Gasteiger partial charge is 0.591 e. The van der Waals surface area contributed by atoms with Crippen molar-refractivity contribution in [3.63, 3.8) is 0 Å². The van der Waals surface area contributed by atoms with Crippen molar-refractivity contribution in [2.24, 2.45) is 9.81 Å². The summed E-state index contributed by atoms with van der Waals surface area (Å²) in [5.41, 5.74) is 1.60. The second-order valence-electron chi connectivity index (χ2n) is 10.8. The van der Waals surface area contributed by atoms with Gasteiger partial charge >= 0.3 is 6.09 Å². The zero-order valence-electron chi connectivity index (χ0n) is 20.0. The Morgan fingerprint density at radius 1 is 1.16 bits per heavy atom. The Labute approximate surface area is 194 Å². The van der Waals surface area contributed by atoms with Gasteiger partial charge < -0.3 is 14.2 Å². The molecule has 1 aromatic carbocycles. The van der Waals surface area contributed by atoms with Gasteiger partial charge in [0, 0.05) is 30.3 Å². The number of fused-ring (bicyclic) bond motifs is 1. The Morgan fingerprint density at radius 3 is 2.25 bits per heavy atom. The van der Waals surface area contributed by atoms with E-state index >= 15 is 0 Å². The predicted octanol–water partition coefficient (Wildman–Crippen LogP) is 3.91. The van der Waals surface area contributed by atoms with Gasteiger partial charge in [0.1, 0.15) is 27.4 Å². The maximum absolute atomic E-state index is 13.0. The van der Waals surface area contributed by atoms with Crippen LogP contribution in [0.2, 0.25) is 0 Å². The van der Waals surface area contributed by atoms with Gasteiger partial charge in [-0.15, -0.1) is 0 Å². The third-order valence-electron chi connectivity index (χ3n) is 5.86. The highest BCUT2D eigenvalue weighted by atomic mass is 32.2. The van der Waals surface area contributed by atoms with Gasteiger partial charge in [0.2, 0.25) is 0 Å². The summed E-state index contributed by atoms with van der Waals surface area (Å²) >= 11 is -1.45. The van der Waals surface area contributed by atoms with Gasteiger partial charge in [0.05, 0.1) is 4.90 Å². The van der Waals surface area contributed by atoms with Crippen LogP contribution in [0.1, 0.15) is 65.5 Å². The summed E-state index contributed by atoms with van der Waals surface area (Å²) in [6, 6.07) is 5.10. The lowest BCUT2D eigenvalue weighted by molar-refractivity contribution is 0.0159. The minimum absolute atomic E-state index is 0.274. The molecule has 1 atom stereocenters. The molecular formula is C23H34N2O5S2. The van der Waals surface area contributed by atoms with Crippen LogP contribution in [-0.4, -0.2) is 59.4 Å². The lowest BCUT2D eigenvalue weighted by Crippen LogP contribution is -2.47. The number of hydrogen-bond donors (Lipinski definition) is 0. The molecule has 0 N–H and O–H groups in total. The predicted molar refractivity (Wildman–Crippen MR) is 127 cm³/mol. The van der Waals surface area contributed by atoms with Crippen LogP contribution in [0, 0.1) is 5.41 Å². The van der Waals surface area contributed by atoms with Crippen LogP contribution >= 0.6 is 0 Å². The molecule has 1 fully saturated rings. The van der Waals surface area contributed by atoms with Crippen molar-refractivity contribution >= 4 is 33.0 Å². The van der Waals surface area contributed by atoms with Crippen molar-refractivity contribution in [1.29, 1.82) is 0 Å². The molecule has 1 unspecified atom stereocenters. The lowest BCUT2D eigenvalue weighted by atomic mass is 9.74. The number of likely N-dealkylation sites (tertiary alicyclic amines) is 1. The van der Waals surface area contributed by atoms with Crippen LogP contribution in [0.15, 0.2) is 27.5 Å². The van der Waals surface area contributed by atoms with E-state index in [9.17, 15) is 17.8 Å². The molecule has 0 bridgehead atoms. The minimum atomic E-state index is -3.34. The quantitative estimate of drug-likeness (QED) is 0.595. The summed E-state index contributed by atoms with van der Waals surface area (Å²) in [6.45, 7) is 12.2. The highest BCUT2D eigenvalue weighted by molar-refractivity contribution is 7.91. The van der Waals surface area contributed by atoms with E-state index in [0.29, 0.717) is 32.4 Å². The van der Waals surface area contributed by atoms with E-state index in [1.807, 2.05) is 41.5 Å². The molecule has 178 valence electrons. The number of sulfone groups is 1. The zero-order chi connectivity index (χ0) is 24.1.